The molecule has 0 amide bonds. The Kier molecular flexibility index (Phi) is 5.78. The summed E-state index contributed by atoms with van der Waals surface area (Å²) in [6.45, 7) is 0. The molecular weight excluding hydrogens is 406 g/mol. The summed E-state index contributed by atoms with van der Waals surface area (Å²) in [6, 6.07) is 12.7. The average molecular weight is 417 g/mol. The first kappa shape index (κ1) is 20.5. The molecule has 0 atom stereocenters. The van der Waals surface area contributed by atoms with Crippen molar-refractivity contribution in [1.29, 1.82) is 5.26 Å². The number of aromatic amines is 1. The van der Waals surface area contributed by atoms with Gasteiger partial charge in [-0.15, -0.1) is 13.2 Å². The second-order valence-electron chi connectivity index (χ2n) is 5.72. The lowest BCUT2D eigenvalue weighted by molar-refractivity contribution is -0.274. The van der Waals surface area contributed by atoms with Gasteiger partial charge in [-0.25, -0.2) is 14.8 Å². The molecule has 0 fully saturated rings. The Labute approximate surface area is 166 Å². The van der Waals surface area contributed by atoms with Crippen LogP contribution in [-0.4, -0.2) is 22.5 Å². The Bertz CT molecular complexity index is 1180. The quantitative estimate of drug-likeness (QED) is 0.374. The van der Waals surface area contributed by atoms with E-state index in [4.69, 9.17) is 0 Å². The predicted molar refractivity (Wildman–Crippen MR) is 99.3 cm³/mol. The molecule has 0 aliphatic heterocycles. The van der Waals surface area contributed by atoms with Crippen molar-refractivity contribution in [1.82, 2.24) is 9.97 Å². The van der Waals surface area contributed by atoms with E-state index in [1.165, 1.54) is 0 Å². The third-order valence-corrected chi connectivity index (χ3v) is 3.65. The molecule has 0 bridgehead atoms. The van der Waals surface area contributed by atoms with Gasteiger partial charge in [0.05, 0.1) is 11.9 Å². The average Bonchev–Trinajstić information content (AvgIpc) is 2.69. The van der Waals surface area contributed by atoms with Gasteiger partial charge in [-0.05, 0) is 12.1 Å². The minimum Gasteiger partial charge on any atom is -0.405 e. The molecule has 7 nitrogen and oxygen atoms in total. The number of nitrogens with zero attached hydrogens (tertiary/aromatic N) is 3. The van der Waals surface area contributed by atoms with Crippen molar-refractivity contribution in [3.8, 4) is 23.1 Å². The fourth-order valence-corrected chi connectivity index (χ4v) is 2.43. The van der Waals surface area contributed by atoms with Gasteiger partial charge >= 0.3 is 6.36 Å². The first-order valence-electron chi connectivity index (χ1n) is 8.21. The van der Waals surface area contributed by atoms with Crippen LogP contribution in [0.25, 0.3) is 11.3 Å². The Morgan fingerprint density at radius 3 is 2.60 bits per heavy atom. The summed E-state index contributed by atoms with van der Waals surface area (Å²) in [7, 11) is 0. The van der Waals surface area contributed by atoms with Crippen molar-refractivity contribution in [2.45, 2.75) is 6.36 Å². The second-order valence-corrected chi connectivity index (χ2v) is 5.72. The summed E-state index contributed by atoms with van der Waals surface area (Å²) in [4.78, 5) is 18.6. The molecule has 3 aromatic rings. The van der Waals surface area contributed by atoms with E-state index in [-0.39, 0.29) is 22.8 Å². The lowest BCUT2D eigenvalue weighted by Crippen LogP contribution is -2.18. The standard InChI is InChI=1S/C19H11F4N5O2/c20-13-7-6-12(15(8-13)30-19(21,22)23)10-25-28-18-26-16(11-4-2-1-3-5-11)14(9-24)17(29)27-18/h1-8,10H,(H2,26,27,28,29). The fraction of sp³-hybridized carbons (Fsp3) is 0.0526. The number of nitrogens with one attached hydrogen (secondary N) is 2. The van der Waals surface area contributed by atoms with E-state index in [9.17, 15) is 27.6 Å². The molecular formula is C19H11F4N5O2. The van der Waals surface area contributed by atoms with Crippen LogP contribution in [-0.2, 0) is 0 Å². The number of anilines is 1. The van der Waals surface area contributed by atoms with E-state index in [1.807, 2.05) is 0 Å². The summed E-state index contributed by atoms with van der Waals surface area (Å²) >= 11 is 0. The van der Waals surface area contributed by atoms with Gasteiger partial charge in [0, 0.05) is 17.2 Å². The maximum Gasteiger partial charge on any atom is 0.573 e. The lowest BCUT2D eigenvalue weighted by Gasteiger charge is -2.11. The number of rotatable bonds is 5. The number of benzene rings is 2. The number of alkyl halides is 3. The fourth-order valence-electron chi connectivity index (χ4n) is 2.43. The third kappa shape index (κ3) is 4.99. The maximum absolute atomic E-state index is 13.2. The first-order chi connectivity index (χ1) is 14.3. The van der Waals surface area contributed by atoms with E-state index in [1.54, 1.807) is 36.4 Å². The van der Waals surface area contributed by atoms with Crippen LogP contribution in [0, 0.1) is 17.1 Å². The molecule has 1 aromatic heterocycles. The van der Waals surface area contributed by atoms with E-state index < -0.39 is 23.5 Å². The molecule has 152 valence electrons. The normalized spacial score (nSPS) is 11.3. The molecule has 2 aromatic carbocycles. The molecule has 0 unspecified atom stereocenters. The van der Waals surface area contributed by atoms with Gasteiger partial charge < -0.3 is 4.74 Å². The van der Waals surface area contributed by atoms with Crippen LogP contribution in [0.5, 0.6) is 5.75 Å². The molecule has 30 heavy (non-hydrogen) atoms. The molecule has 0 aliphatic rings. The summed E-state index contributed by atoms with van der Waals surface area (Å²) in [5, 5.41) is 12.9. The van der Waals surface area contributed by atoms with Gasteiger partial charge in [0.15, 0.2) is 0 Å². The zero-order chi connectivity index (χ0) is 21.7. The van der Waals surface area contributed by atoms with Crippen LogP contribution in [0.2, 0.25) is 0 Å². The van der Waals surface area contributed by atoms with Crippen molar-refractivity contribution in [3.63, 3.8) is 0 Å². The van der Waals surface area contributed by atoms with Crippen LogP contribution >= 0.6 is 0 Å². The Balaban J connectivity index is 1.90. The van der Waals surface area contributed by atoms with E-state index in [2.05, 4.69) is 25.2 Å². The van der Waals surface area contributed by atoms with Crippen molar-refractivity contribution in [3.05, 3.63) is 75.8 Å². The molecule has 0 saturated heterocycles. The smallest absolute Gasteiger partial charge is 0.405 e. The Morgan fingerprint density at radius 1 is 1.20 bits per heavy atom. The Hall–Kier alpha value is -4.20. The second kappa shape index (κ2) is 8.44. The molecule has 1 heterocycles. The SMILES string of the molecule is N#Cc1c(-c2ccccc2)nc(NN=Cc2ccc(F)cc2OC(F)(F)F)[nH]c1=O. The predicted octanol–water partition coefficient (Wildman–Crippen LogP) is 3.79. The van der Waals surface area contributed by atoms with Crippen molar-refractivity contribution in [2.75, 3.05) is 5.43 Å². The van der Waals surface area contributed by atoms with E-state index in [0.29, 0.717) is 11.6 Å². The van der Waals surface area contributed by atoms with Crippen LogP contribution < -0.4 is 15.7 Å². The van der Waals surface area contributed by atoms with Crippen LogP contribution in [0.4, 0.5) is 23.5 Å². The minimum absolute atomic E-state index is 0.0995. The highest BCUT2D eigenvalue weighted by molar-refractivity contribution is 5.84. The third-order valence-electron chi connectivity index (χ3n) is 3.65. The van der Waals surface area contributed by atoms with Crippen LogP contribution in [0.3, 0.4) is 0 Å². The molecule has 2 N–H and O–H groups in total. The van der Waals surface area contributed by atoms with Gasteiger partial charge in [0.2, 0.25) is 5.95 Å². The van der Waals surface area contributed by atoms with Gasteiger partial charge in [-0.2, -0.15) is 10.4 Å². The highest BCUT2D eigenvalue weighted by Gasteiger charge is 2.32. The van der Waals surface area contributed by atoms with Gasteiger partial charge in [0.1, 0.15) is 23.2 Å². The molecule has 0 saturated carbocycles. The molecule has 3 rings (SSSR count). The molecule has 0 radical (unpaired) electrons. The van der Waals surface area contributed by atoms with Crippen LogP contribution in [0.15, 0.2) is 58.4 Å². The van der Waals surface area contributed by atoms with Gasteiger partial charge in [-0.1, -0.05) is 30.3 Å². The minimum atomic E-state index is -5.02. The number of aromatic nitrogens is 2. The summed E-state index contributed by atoms with van der Waals surface area (Å²) in [5.74, 6) is -1.88. The number of H-pyrrole nitrogens is 1. The lowest BCUT2D eigenvalue weighted by atomic mass is 10.1. The maximum atomic E-state index is 13.2. The monoisotopic (exact) mass is 417 g/mol. The first-order valence-corrected chi connectivity index (χ1v) is 8.21. The molecule has 11 heteroatoms. The number of ether oxygens (including phenoxy) is 1. The molecule has 0 spiro atoms. The Morgan fingerprint density at radius 2 is 1.93 bits per heavy atom. The van der Waals surface area contributed by atoms with Crippen LogP contribution in [0.1, 0.15) is 11.1 Å². The number of nitriles is 1. The zero-order valence-corrected chi connectivity index (χ0v) is 14.9. The largest absolute Gasteiger partial charge is 0.573 e. The summed E-state index contributed by atoms with van der Waals surface area (Å²) < 4.78 is 54.5. The van der Waals surface area contributed by atoms with Gasteiger partial charge in [0.25, 0.3) is 5.56 Å². The topological polar surface area (TPSA) is 103 Å². The highest BCUT2D eigenvalue weighted by atomic mass is 19.4. The number of hydrogen-bond acceptors (Lipinski definition) is 6. The summed E-state index contributed by atoms with van der Waals surface area (Å²) in [5.41, 5.74) is 1.85. The number of hydrogen-bond donors (Lipinski definition) is 2. The van der Waals surface area contributed by atoms with E-state index in [0.717, 1.165) is 18.3 Å². The van der Waals surface area contributed by atoms with Crippen molar-refractivity contribution < 1.29 is 22.3 Å². The van der Waals surface area contributed by atoms with Crippen molar-refractivity contribution in [2.24, 2.45) is 5.10 Å². The number of halogens is 4. The molecule has 0 aliphatic carbocycles. The number of hydrazone groups is 1. The summed E-state index contributed by atoms with van der Waals surface area (Å²) in [6.07, 6.45) is -4.09. The zero-order valence-electron chi connectivity index (χ0n) is 14.9. The highest BCUT2D eigenvalue weighted by Crippen LogP contribution is 2.26. The van der Waals surface area contributed by atoms with Gasteiger partial charge in [-0.3, -0.25) is 9.78 Å². The van der Waals surface area contributed by atoms with E-state index >= 15 is 0 Å². The van der Waals surface area contributed by atoms with Crippen molar-refractivity contribution >= 4 is 12.2 Å².